The summed E-state index contributed by atoms with van der Waals surface area (Å²) in [6, 6.07) is 8.09. The lowest BCUT2D eigenvalue weighted by Gasteiger charge is -2.64. The van der Waals surface area contributed by atoms with Crippen molar-refractivity contribution in [3.05, 3.63) is 29.8 Å². The topological polar surface area (TPSA) is 64.7 Å². The van der Waals surface area contributed by atoms with Gasteiger partial charge in [-0.1, -0.05) is 32.0 Å². The Balaban J connectivity index is 1.39. The third-order valence-corrected chi connectivity index (χ3v) is 7.31. The Kier molecular flexibility index (Phi) is 4.17. The summed E-state index contributed by atoms with van der Waals surface area (Å²) < 4.78 is 11.9. The van der Waals surface area contributed by atoms with Crippen molar-refractivity contribution in [3.8, 4) is 5.75 Å². The molecule has 2 unspecified atom stereocenters. The van der Waals surface area contributed by atoms with Crippen LogP contribution < -0.4 is 10.5 Å². The second-order valence-electron chi connectivity index (χ2n) is 9.11. The summed E-state index contributed by atoms with van der Waals surface area (Å²) in [5, 5.41) is 10.7. The number of fused-ring (bicyclic) bond motifs is 3. The fraction of sp³-hybridized carbons (Fsp3) is 0.700. The van der Waals surface area contributed by atoms with E-state index in [0.29, 0.717) is 24.4 Å². The van der Waals surface area contributed by atoms with Crippen LogP contribution in [0.2, 0.25) is 0 Å². The van der Waals surface area contributed by atoms with Crippen molar-refractivity contribution in [2.24, 2.45) is 23.0 Å². The molecule has 1 heterocycles. The monoisotopic (exact) mass is 343 g/mol. The van der Waals surface area contributed by atoms with Crippen LogP contribution in [0.3, 0.4) is 0 Å². The summed E-state index contributed by atoms with van der Waals surface area (Å²) in [5.74, 6) is 2.09. The predicted octanol–water partition coefficient (Wildman–Crippen LogP) is 3.13. The molecule has 3 aliphatic carbocycles. The summed E-state index contributed by atoms with van der Waals surface area (Å²) in [6.07, 6.45) is 4.09. The van der Waals surface area contributed by atoms with Gasteiger partial charge in [0, 0.05) is 17.4 Å². The van der Waals surface area contributed by atoms with Crippen molar-refractivity contribution < 1.29 is 14.4 Å². The van der Waals surface area contributed by atoms with Crippen LogP contribution >= 0.6 is 0 Å². The van der Waals surface area contributed by atoms with Gasteiger partial charge < -0.3 is 20.1 Å². The first-order valence-electron chi connectivity index (χ1n) is 9.64. The SMILES string of the molecule is CC1(C)C2CC[C@@](C)(OB(O)[C@@H](N)C[C@@H]3COc4ccccc43)C1C2. The Morgan fingerprint density at radius 1 is 1.36 bits per heavy atom. The lowest BCUT2D eigenvalue weighted by atomic mass is 9.44. The highest BCUT2D eigenvalue weighted by Crippen LogP contribution is 2.63. The van der Waals surface area contributed by atoms with Gasteiger partial charge in [0.15, 0.2) is 0 Å². The Morgan fingerprint density at radius 3 is 2.84 bits per heavy atom. The van der Waals surface area contributed by atoms with Gasteiger partial charge in [-0.3, -0.25) is 0 Å². The van der Waals surface area contributed by atoms with Crippen LogP contribution in [0.4, 0.5) is 0 Å². The lowest BCUT2D eigenvalue weighted by Crippen LogP contribution is -2.63. The minimum atomic E-state index is -0.925. The third kappa shape index (κ3) is 2.81. The van der Waals surface area contributed by atoms with Crippen molar-refractivity contribution in [1.82, 2.24) is 0 Å². The number of para-hydroxylation sites is 1. The molecular formula is C20H30BNO3. The molecule has 0 amide bonds. The lowest BCUT2D eigenvalue weighted by molar-refractivity contribution is -0.187. The molecule has 3 N–H and O–H groups in total. The van der Waals surface area contributed by atoms with Crippen LogP contribution in [0, 0.1) is 17.3 Å². The van der Waals surface area contributed by atoms with Crippen LogP contribution in [0.1, 0.15) is 57.9 Å². The van der Waals surface area contributed by atoms with Gasteiger partial charge in [0.25, 0.3) is 0 Å². The summed E-state index contributed by atoms with van der Waals surface area (Å²) >= 11 is 0. The highest BCUT2D eigenvalue weighted by molar-refractivity contribution is 6.45. The van der Waals surface area contributed by atoms with E-state index in [2.05, 4.69) is 26.8 Å². The molecule has 2 bridgehead atoms. The summed E-state index contributed by atoms with van der Waals surface area (Å²) in [4.78, 5) is 0. The molecule has 136 valence electrons. The fourth-order valence-electron chi connectivity index (χ4n) is 5.55. The Labute approximate surface area is 151 Å². The van der Waals surface area contributed by atoms with Crippen LogP contribution in [0.25, 0.3) is 0 Å². The van der Waals surface area contributed by atoms with Crippen LogP contribution in [-0.4, -0.2) is 30.3 Å². The maximum Gasteiger partial charge on any atom is 0.472 e. The van der Waals surface area contributed by atoms with E-state index in [-0.39, 0.29) is 11.5 Å². The highest BCUT2D eigenvalue weighted by atomic mass is 16.5. The number of hydrogen-bond acceptors (Lipinski definition) is 4. The van der Waals surface area contributed by atoms with Crippen molar-refractivity contribution in [2.75, 3.05) is 6.61 Å². The molecule has 5 rings (SSSR count). The zero-order chi connectivity index (χ0) is 17.8. The van der Waals surface area contributed by atoms with Gasteiger partial charge in [0.05, 0.1) is 12.2 Å². The normalized spacial score (nSPS) is 36.1. The van der Waals surface area contributed by atoms with Crippen molar-refractivity contribution in [2.45, 2.75) is 63.9 Å². The van der Waals surface area contributed by atoms with Crippen molar-refractivity contribution >= 4 is 7.12 Å². The maximum atomic E-state index is 10.7. The molecule has 4 aliphatic rings. The number of ether oxygens (including phenoxy) is 1. The molecular weight excluding hydrogens is 313 g/mol. The molecule has 25 heavy (non-hydrogen) atoms. The highest BCUT2D eigenvalue weighted by Gasteiger charge is 2.60. The van der Waals surface area contributed by atoms with Crippen molar-refractivity contribution in [1.29, 1.82) is 0 Å². The number of nitrogens with two attached hydrogens (primary N) is 1. The number of benzene rings is 1. The molecule has 0 aromatic heterocycles. The van der Waals surface area contributed by atoms with Gasteiger partial charge >= 0.3 is 7.12 Å². The Hall–Kier alpha value is -1.04. The van der Waals surface area contributed by atoms with E-state index in [0.717, 1.165) is 18.1 Å². The van der Waals surface area contributed by atoms with E-state index < -0.39 is 13.1 Å². The molecule has 3 fully saturated rings. The number of hydrogen-bond donors (Lipinski definition) is 2. The first-order valence-corrected chi connectivity index (χ1v) is 9.64. The smallest absolute Gasteiger partial charge is 0.472 e. The van der Waals surface area contributed by atoms with Crippen LogP contribution in [0.5, 0.6) is 5.75 Å². The van der Waals surface area contributed by atoms with Crippen LogP contribution in [-0.2, 0) is 4.65 Å². The Bertz CT molecular complexity index is 650. The quantitative estimate of drug-likeness (QED) is 0.807. The minimum absolute atomic E-state index is 0.230. The Morgan fingerprint density at radius 2 is 2.12 bits per heavy atom. The molecule has 0 radical (unpaired) electrons. The van der Waals surface area contributed by atoms with Gasteiger partial charge in [0.1, 0.15) is 5.75 Å². The molecule has 0 spiro atoms. The summed E-state index contributed by atoms with van der Waals surface area (Å²) in [5.41, 5.74) is 7.57. The fourth-order valence-corrected chi connectivity index (χ4v) is 5.55. The maximum absolute atomic E-state index is 10.7. The van der Waals surface area contributed by atoms with Crippen molar-refractivity contribution in [3.63, 3.8) is 0 Å². The zero-order valence-electron chi connectivity index (χ0n) is 15.6. The van der Waals surface area contributed by atoms with Gasteiger partial charge in [-0.15, -0.1) is 0 Å². The first-order chi connectivity index (χ1) is 11.8. The largest absolute Gasteiger partial charge is 0.493 e. The van der Waals surface area contributed by atoms with Gasteiger partial charge in [0.2, 0.25) is 0 Å². The van der Waals surface area contributed by atoms with E-state index in [1.807, 2.05) is 18.2 Å². The third-order valence-electron chi connectivity index (χ3n) is 7.31. The molecule has 0 saturated heterocycles. The molecule has 4 nitrogen and oxygen atoms in total. The van der Waals surface area contributed by atoms with Gasteiger partial charge in [-0.25, -0.2) is 0 Å². The van der Waals surface area contributed by atoms with E-state index in [1.165, 1.54) is 18.4 Å². The standard InChI is InChI=1S/C20H30BNO3/c1-19(2)14-8-9-20(3,17(19)11-14)25-21(23)18(22)10-13-12-24-16-7-5-4-6-15(13)16/h4-7,13-14,17-18,23H,8-12,22H2,1-3H3/t13-,14?,17?,18+,20-/m1/s1. The molecule has 1 aliphatic heterocycles. The molecule has 3 saturated carbocycles. The summed E-state index contributed by atoms with van der Waals surface area (Å²) in [6.45, 7) is 7.48. The minimum Gasteiger partial charge on any atom is -0.493 e. The van der Waals surface area contributed by atoms with Gasteiger partial charge in [-0.05, 0) is 55.9 Å². The second-order valence-corrected chi connectivity index (χ2v) is 9.11. The molecule has 1 aromatic rings. The average Bonchev–Trinajstić information content (AvgIpc) is 2.97. The van der Waals surface area contributed by atoms with E-state index in [4.69, 9.17) is 15.1 Å². The molecule has 5 heteroatoms. The second kappa shape index (κ2) is 6.00. The number of rotatable bonds is 5. The molecule has 1 aromatic carbocycles. The van der Waals surface area contributed by atoms with E-state index in [1.54, 1.807) is 0 Å². The van der Waals surface area contributed by atoms with Gasteiger partial charge in [-0.2, -0.15) is 0 Å². The van der Waals surface area contributed by atoms with Crippen LogP contribution in [0.15, 0.2) is 24.3 Å². The molecule has 5 atom stereocenters. The van der Waals surface area contributed by atoms with E-state index >= 15 is 0 Å². The predicted molar refractivity (Wildman–Crippen MR) is 99.3 cm³/mol. The average molecular weight is 343 g/mol. The summed E-state index contributed by atoms with van der Waals surface area (Å²) in [7, 11) is -0.925. The first kappa shape index (κ1) is 17.4. The zero-order valence-corrected chi connectivity index (χ0v) is 15.6. The van der Waals surface area contributed by atoms with E-state index in [9.17, 15) is 5.02 Å².